The van der Waals surface area contributed by atoms with E-state index in [0.29, 0.717) is 12.4 Å². The van der Waals surface area contributed by atoms with Crippen LogP contribution in [0.25, 0.3) is 0 Å². The van der Waals surface area contributed by atoms with E-state index in [1.807, 2.05) is 0 Å². The third-order valence-corrected chi connectivity index (χ3v) is 1.34. The van der Waals surface area contributed by atoms with Gasteiger partial charge in [0.25, 0.3) is 0 Å². The molecular formula is C9H9NO3. The number of hydrogen-bond acceptors (Lipinski definition) is 3. The number of carboxylic acids is 1. The first kappa shape index (κ1) is 9.20. The second-order valence-electron chi connectivity index (χ2n) is 2.25. The Hall–Kier alpha value is -1.89. The van der Waals surface area contributed by atoms with Gasteiger partial charge in [0.15, 0.2) is 5.88 Å². The van der Waals surface area contributed by atoms with Gasteiger partial charge in [-0.25, -0.2) is 4.79 Å². The van der Waals surface area contributed by atoms with Gasteiger partial charge in [0.2, 0.25) is 5.76 Å². The van der Waals surface area contributed by atoms with Crippen LogP contribution in [0.2, 0.25) is 0 Å². The summed E-state index contributed by atoms with van der Waals surface area (Å²) in [5.74, 6) is 4.73. The van der Waals surface area contributed by atoms with E-state index in [4.69, 9.17) is 9.52 Å². The molecule has 13 heavy (non-hydrogen) atoms. The summed E-state index contributed by atoms with van der Waals surface area (Å²) in [5.41, 5.74) is 0. The SMILES string of the molecule is CC#CCNc1ccc(C(=O)O)o1. The minimum absolute atomic E-state index is 0.0769. The van der Waals surface area contributed by atoms with Crippen molar-refractivity contribution in [2.45, 2.75) is 6.92 Å². The van der Waals surface area contributed by atoms with Crippen molar-refractivity contribution in [3.05, 3.63) is 17.9 Å². The molecule has 1 heterocycles. The summed E-state index contributed by atoms with van der Waals surface area (Å²) in [6.07, 6.45) is 0. The lowest BCUT2D eigenvalue weighted by Gasteiger charge is -1.94. The molecule has 0 unspecified atom stereocenters. The Balaban J connectivity index is 2.57. The van der Waals surface area contributed by atoms with Gasteiger partial charge in [-0.05, 0) is 13.0 Å². The highest BCUT2D eigenvalue weighted by Gasteiger charge is 2.07. The zero-order valence-electron chi connectivity index (χ0n) is 7.13. The molecule has 1 aromatic rings. The maximum atomic E-state index is 10.4. The van der Waals surface area contributed by atoms with Gasteiger partial charge in [-0.2, -0.15) is 0 Å². The van der Waals surface area contributed by atoms with Crippen molar-refractivity contribution in [3.8, 4) is 11.8 Å². The van der Waals surface area contributed by atoms with Crippen LogP contribution < -0.4 is 5.32 Å². The average molecular weight is 179 g/mol. The van der Waals surface area contributed by atoms with E-state index >= 15 is 0 Å². The van der Waals surface area contributed by atoms with Crippen molar-refractivity contribution < 1.29 is 14.3 Å². The molecule has 2 N–H and O–H groups in total. The van der Waals surface area contributed by atoms with Crippen LogP contribution in [0.3, 0.4) is 0 Å². The van der Waals surface area contributed by atoms with Crippen LogP contribution in [0.4, 0.5) is 5.88 Å². The lowest BCUT2D eigenvalue weighted by atomic mass is 10.4. The van der Waals surface area contributed by atoms with Gasteiger partial charge in [0.1, 0.15) is 0 Å². The third kappa shape index (κ3) is 2.56. The van der Waals surface area contributed by atoms with Crippen LogP contribution in [-0.2, 0) is 0 Å². The van der Waals surface area contributed by atoms with Gasteiger partial charge >= 0.3 is 5.97 Å². The van der Waals surface area contributed by atoms with E-state index in [1.165, 1.54) is 6.07 Å². The molecule has 4 nitrogen and oxygen atoms in total. The van der Waals surface area contributed by atoms with E-state index < -0.39 is 5.97 Å². The summed E-state index contributed by atoms with van der Waals surface area (Å²) in [6, 6.07) is 2.95. The highest BCUT2D eigenvalue weighted by molar-refractivity contribution is 5.84. The first-order chi connectivity index (χ1) is 6.24. The Labute approximate surface area is 75.6 Å². The lowest BCUT2D eigenvalue weighted by Crippen LogP contribution is -1.97. The lowest BCUT2D eigenvalue weighted by molar-refractivity contribution is 0.0663. The number of hydrogen-bond donors (Lipinski definition) is 2. The fourth-order valence-corrected chi connectivity index (χ4v) is 0.768. The maximum Gasteiger partial charge on any atom is 0.371 e. The van der Waals surface area contributed by atoms with Gasteiger partial charge in [-0.1, -0.05) is 5.92 Å². The van der Waals surface area contributed by atoms with E-state index in [1.54, 1.807) is 13.0 Å². The fourth-order valence-electron chi connectivity index (χ4n) is 0.768. The zero-order valence-corrected chi connectivity index (χ0v) is 7.13. The first-order valence-corrected chi connectivity index (χ1v) is 3.70. The summed E-state index contributed by atoms with van der Waals surface area (Å²) in [6.45, 7) is 2.18. The molecular weight excluding hydrogens is 170 g/mol. The minimum atomic E-state index is -1.07. The van der Waals surface area contributed by atoms with Crippen molar-refractivity contribution in [2.75, 3.05) is 11.9 Å². The van der Waals surface area contributed by atoms with Crippen molar-refractivity contribution in [3.63, 3.8) is 0 Å². The first-order valence-electron chi connectivity index (χ1n) is 3.70. The van der Waals surface area contributed by atoms with E-state index in [9.17, 15) is 4.79 Å². The summed E-state index contributed by atoms with van der Waals surface area (Å²) in [4.78, 5) is 10.4. The number of carboxylic acid groups (broad SMARTS) is 1. The maximum absolute atomic E-state index is 10.4. The quantitative estimate of drug-likeness (QED) is 0.688. The van der Waals surface area contributed by atoms with Crippen LogP contribution in [0.15, 0.2) is 16.5 Å². The van der Waals surface area contributed by atoms with E-state index in [-0.39, 0.29) is 5.76 Å². The van der Waals surface area contributed by atoms with Crippen LogP contribution in [-0.4, -0.2) is 17.6 Å². The standard InChI is InChI=1S/C9H9NO3/c1-2-3-6-10-8-5-4-7(13-8)9(11)12/h4-5,10H,6H2,1H3,(H,11,12). The second-order valence-corrected chi connectivity index (χ2v) is 2.25. The van der Waals surface area contributed by atoms with Gasteiger partial charge in [0.05, 0.1) is 6.54 Å². The monoisotopic (exact) mass is 179 g/mol. The van der Waals surface area contributed by atoms with Crippen molar-refractivity contribution >= 4 is 11.9 Å². The van der Waals surface area contributed by atoms with Gasteiger partial charge < -0.3 is 14.8 Å². The number of nitrogens with one attached hydrogen (secondary N) is 1. The second kappa shape index (κ2) is 4.21. The Bertz CT molecular complexity index is 356. The number of aromatic carboxylic acids is 1. The highest BCUT2D eigenvalue weighted by Crippen LogP contribution is 2.12. The number of carbonyl (C=O) groups is 1. The fraction of sp³-hybridized carbons (Fsp3) is 0.222. The van der Waals surface area contributed by atoms with Crippen LogP contribution >= 0.6 is 0 Å². The Kier molecular flexibility index (Phi) is 2.98. The molecule has 1 aromatic heterocycles. The predicted octanol–water partition coefficient (Wildman–Crippen LogP) is 1.41. The molecule has 1 rings (SSSR count). The molecule has 0 aliphatic carbocycles. The Morgan fingerprint density at radius 1 is 1.69 bits per heavy atom. The van der Waals surface area contributed by atoms with Crippen LogP contribution in [0, 0.1) is 11.8 Å². The van der Waals surface area contributed by atoms with Gasteiger partial charge in [0, 0.05) is 6.07 Å². The topological polar surface area (TPSA) is 62.5 Å². The third-order valence-electron chi connectivity index (χ3n) is 1.34. The summed E-state index contributed by atoms with van der Waals surface area (Å²) in [7, 11) is 0. The molecule has 0 radical (unpaired) electrons. The van der Waals surface area contributed by atoms with Gasteiger partial charge in [-0.15, -0.1) is 5.92 Å². The zero-order chi connectivity index (χ0) is 9.68. The molecule has 0 aliphatic rings. The van der Waals surface area contributed by atoms with Crippen molar-refractivity contribution in [2.24, 2.45) is 0 Å². The number of anilines is 1. The molecule has 0 fully saturated rings. The predicted molar refractivity (Wildman–Crippen MR) is 47.6 cm³/mol. The molecule has 0 amide bonds. The van der Waals surface area contributed by atoms with Crippen molar-refractivity contribution in [1.29, 1.82) is 0 Å². The molecule has 68 valence electrons. The summed E-state index contributed by atoms with van der Waals surface area (Å²) in [5, 5.41) is 11.3. The van der Waals surface area contributed by atoms with E-state index in [0.717, 1.165) is 0 Å². The van der Waals surface area contributed by atoms with Crippen molar-refractivity contribution in [1.82, 2.24) is 0 Å². The van der Waals surface area contributed by atoms with Crippen LogP contribution in [0.5, 0.6) is 0 Å². The summed E-state index contributed by atoms with van der Waals surface area (Å²) >= 11 is 0. The normalized spacial score (nSPS) is 8.69. The molecule has 0 spiro atoms. The molecule has 0 aromatic carbocycles. The van der Waals surface area contributed by atoms with Crippen LogP contribution in [0.1, 0.15) is 17.5 Å². The largest absolute Gasteiger partial charge is 0.475 e. The Morgan fingerprint density at radius 2 is 2.46 bits per heavy atom. The Morgan fingerprint density at radius 3 is 3.00 bits per heavy atom. The number of rotatable bonds is 3. The number of furan rings is 1. The molecule has 4 heteroatoms. The van der Waals surface area contributed by atoms with E-state index in [2.05, 4.69) is 17.2 Å². The molecule has 0 atom stereocenters. The smallest absolute Gasteiger partial charge is 0.371 e. The van der Waals surface area contributed by atoms with Gasteiger partial charge in [-0.3, -0.25) is 0 Å². The minimum Gasteiger partial charge on any atom is -0.475 e. The molecule has 0 aliphatic heterocycles. The summed E-state index contributed by atoms with van der Waals surface area (Å²) < 4.78 is 4.91. The average Bonchev–Trinajstić information content (AvgIpc) is 2.53. The molecule has 0 bridgehead atoms. The molecule has 0 saturated carbocycles. The molecule has 0 saturated heterocycles. The highest BCUT2D eigenvalue weighted by atomic mass is 16.4.